The van der Waals surface area contributed by atoms with Gasteiger partial charge in [0.15, 0.2) is 0 Å². The number of halogens is 2. The van der Waals surface area contributed by atoms with E-state index < -0.39 is 0 Å². The van der Waals surface area contributed by atoms with E-state index in [0.717, 1.165) is 29.3 Å². The molecule has 0 amide bonds. The van der Waals surface area contributed by atoms with Gasteiger partial charge >= 0.3 is 0 Å². The molecule has 1 aromatic carbocycles. The van der Waals surface area contributed by atoms with Gasteiger partial charge in [-0.25, -0.2) is 4.39 Å². The molecule has 0 heterocycles. The van der Waals surface area contributed by atoms with Crippen LogP contribution >= 0.6 is 15.9 Å². The van der Waals surface area contributed by atoms with Gasteiger partial charge in [-0.3, -0.25) is 0 Å². The highest BCUT2D eigenvalue weighted by Crippen LogP contribution is 2.41. The first-order chi connectivity index (χ1) is 10.0. The highest BCUT2D eigenvalue weighted by Gasteiger charge is 2.31. The van der Waals surface area contributed by atoms with E-state index in [9.17, 15) is 4.39 Å². The van der Waals surface area contributed by atoms with Gasteiger partial charge in [-0.05, 0) is 61.3 Å². The molecule has 3 heteroatoms. The fraction of sp³-hybridized carbons (Fsp3) is 0.667. The van der Waals surface area contributed by atoms with Crippen LogP contribution in [0.25, 0.3) is 0 Å². The Hall–Kier alpha value is -0.410. The monoisotopic (exact) mass is 355 g/mol. The first-order valence-corrected chi connectivity index (χ1v) is 9.00. The van der Waals surface area contributed by atoms with Gasteiger partial charge in [-0.15, -0.1) is 0 Å². The first-order valence-electron chi connectivity index (χ1n) is 8.21. The van der Waals surface area contributed by atoms with Crippen molar-refractivity contribution in [3.8, 4) is 0 Å². The lowest BCUT2D eigenvalue weighted by atomic mass is 9.72. The Morgan fingerprint density at radius 2 is 2.05 bits per heavy atom. The number of hydrogen-bond acceptors (Lipinski definition) is 1. The van der Waals surface area contributed by atoms with Gasteiger partial charge in [0, 0.05) is 10.5 Å². The summed E-state index contributed by atoms with van der Waals surface area (Å²) in [6.45, 7) is 7.93. The van der Waals surface area contributed by atoms with Crippen molar-refractivity contribution >= 4 is 15.9 Å². The minimum Gasteiger partial charge on any atom is -0.310 e. The molecule has 118 valence electrons. The van der Waals surface area contributed by atoms with E-state index in [-0.39, 0.29) is 5.82 Å². The molecule has 1 fully saturated rings. The minimum atomic E-state index is -0.175. The van der Waals surface area contributed by atoms with Crippen LogP contribution in [0.2, 0.25) is 0 Å². The molecular weight excluding hydrogens is 329 g/mol. The molecule has 1 aliphatic carbocycles. The molecule has 1 aliphatic rings. The van der Waals surface area contributed by atoms with Crippen molar-refractivity contribution in [3.05, 3.63) is 34.1 Å². The van der Waals surface area contributed by atoms with Crippen LogP contribution in [0.3, 0.4) is 0 Å². The van der Waals surface area contributed by atoms with Gasteiger partial charge in [0.2, 0.25) is 0 Å². The summed E-state index contributed by atoms with van der Waals surface area (Å²) in [5.41, 5.74) is 1.21. The maximum absolute atomic E-state index is 13.4. The van der Waals surface area contributed by atoms with E-state index in [1.807, 2.05) is 6.07 Å². The van der Waals surface area contributed by atoms with E-state index >= 15 is 0 Å². The smallest absolute Gasteiger partial charge is 0.124 e. The van der Waals surface area contributed by atoms with Crippen molar-refractivity contribution in [1.29, 1.82) is 0 Å². The zero-order chi connectivity index (χ0) is 15.4. The Morgan fingerprint density at radius 1 is 1.29 bits per heavy atom. The SMILES string of the molecule is CCCNC(c1ccc(F)cc1Br)C1CCC(C)C(C)C1. The second-order valence-corrected chi connectivity index (χ2v) is 7.48. The van der Waals surface area contributed by atoms with Crippen molar-refractivity contribution in [1.82, 2.24) is 5.32 Å². The van der Waals surface area contributed by atoms with Crippen molar-refractivity contribution < 1.29 is 4.39 Å². The van der Waals surface area contributed by atoms with Crippen LogP contribution in [0.1, 0.15) is 58.1 Å². The van der Waals surface area contributed by atoms with Crippen LogP contribution in [0.15, 0.2) is 22.7 Å². The Balaban J connectivity index is 2.21. The molecule has 4 atom stereocenters. The molecule has 0 aliphatic heterocycles. The Labute approximate surface area is 136 Å². The Kier molecular flexibility index (Phi) is 6.24. The average Bonchev–Trinajstić information content (AvgIpc) is 2.44. The summed E-state index contributed by atoms with van der Waals surface area (Å²) in [6.07, 6.45) is 4.94. The van der Waals surface area contributed by atoms with Crippen LogP contribution in [0.4, 0.5) is 4.39 Å². The third-order valence-corrected chi connectivity index (χ3v) is 5.71. The maximum atomic E-state index is 13.4. The fourth-order valence-electron chi connectivity index (χ4n) is 3.48. The van der Waals surface area contributed by atoms with Gasteiger partial charge < -0.3 is 5.32 Å². The van der Waals surface area contributed by atoms with Crippen LogP contribution in [-0.2, 0) is 0 Å². The molecule has 0 bridgehead atoms. The lowest BCUT2D eigenvalue weighted by Crippen LogP contribution is -2.34. The molecule has 0 radical (unpaired) electrons. The molecule has 1 aromatic rings. The second kappa shape index (κ2) is 7.73. The number of hydrogen-bond donors (Lipinski definition) is 1. The lowest BCUT2D eigenvalue weighted by Gasteiger charge is -2.37. The summed E-state index contributed by atoms with van der Waals surface area (Å²) < 4.78 is 14.3. The molecule has 0 saturated heterocycles. The zero-order valence-corrected chi connectivity index (χ0v) is 14.9. The van der Waals surface area contributed by atoms with E-state index in [0.29, 0.717) is 12.0 Å². The molecule has 21 heavy (non-hydrogen) atoms. The van der Waals surface area contributed by atoms with E-state index in [1.54, 1.807) is 12.1 Å². The van der Waals surface area contributed by atoms with Crippen molar-refractivity contribution in [2.45, 2.75) is 52.5 Å². The summed E-state index contributed by atoms with van der Waals surface area (Å²) in [7, 11) is 0. The van der Waals surface area contributed by atoms with Gasteiger partial charge in [0.25, 0.3) is 0 Å². The summed E-state index contributed by atoms with van der Waals surface area (Å²) >= 11 is 3.55. The third kappa shape index (κ3) is 4.29. The van der Waals surface area contributed by atoms with Crippen LogP contribution in [-0.4, -0.2) is 6.54 Å². The maximum Gasteiger partial charge on any atom is 0.124 e. The molecule has 0 spiro atoms. The topological polar surface area (TPSA) is 12.0 Å². The average molecular weight is 356 g/mol. The summed E-state index contributed by atoms with van der Waals surface area (Å²) in [5, 5.41) is 3.70. The summed E-state index contributed by atoms with van der Waals surface area (Å²) in [5.74, 6) is 2.06. The zero-order valence-electron chi connectivity index (χ0n) is 13.3. The van der Waals surface area contributed by atoms with Gasteiger partial charge in [-0.1, -0.05) is 49.2 Å². The predicted molar refractivity (Wildman–Crippen MR) is 90.8 cm³/mol. The Bertz CT molecular complexity index is 463. The highest BCUT2D eigenvalue weighted by molar-refractivity contribution is 9.10. The van der Waals surface area contributed by atoms with E-state index in [2.05, 4.69) is 42.0 Å². The number of benzene rings is 1. The van der Waals surface area contributed by atoms with Crippen molar-refractivity contribution in [2.75, 3.05) is 6.54 Å². The highest BCUT2D eigenvalue weighted by atomic mass is 79.9. The standard InChI is InChI=1S/C18H27BrFN/c1-4-9-21-18(14-6-5-12(2)13(3)10-14)16-8-7-15(20)11-17(16)19/h7-8,11-14,18,21H,4-6,9-10H2,1-3H3. The third-order valence-electron chi connectivity index (χ3n) is 5.02. The quantitative estimate of drug-likeness (QED) is 0.713. The van der Waals surface area contributed by atoms with Gasteiger partial charge in [0.1, 0.15) is 5.82 Å². The van der Waals surface area contributed by atoms with Crippen LogP contribution in [0, 0.1) is 23.6 Å². The number of nitrogens with one attached hydrogen (secondary N) is 1. The van der Waals surface area contributed by atoms with Crippen LogP contribution < -0.4 is 5.32 Å². The fourth-order valence-corrected chi connectivity index (χ4v) is 4.07. The van der Waals surface area contributed by atoms with Gasteiger partial charge in [0.05, 0.1) is 0 Å². The molecule has 0 aromatic heterocycles. The minimum absolute atomic E-state index is 0.175. The second-order valence-electron chi connectivity index (χ2n) is 6.63. The molecule has 1 saturated carbocycles. The lowest BCUT2D eigenvalue weighted by molar-refractivity contribution is 0.171. The van der Waals surface area contributed by atoms with Crippen LogP contribution in [0.5, 0.6) is 0 Å². The molecule has 2 rings (SSSR count). The molecule has 1 N–H and O–H groups in total. The van der Waals surface area contributed by atoms with Crippen molar-refractivity contribution in [3.63, 3.8) is 0 Å². The summed E-state index contributed by atoms with van der Waals surface area (Å²) in [4.78, 5) is 0. The first kappa shape index (κ1) is 17.0. The van der Waals surface area contributed by atoms with E-state index in [4.69, 9.17) is 0 Å². The Morgan fingerprint density at radius 3 is 2.67 bits per heavy atom. The molecule has 1 nitrogen and oxygen atoms in total. The number of rotatable bonds is 5. The summed E-state index contributed by atoms with van der Waals surface area (Å²) in [6, 6.07) is 5.44. The van der Waals surface area contributed by atoms with E-state index in [1.165, 1.54) is 24.8 Å². The largest absolute Gasteiger partial charge is 0.310 e. The molecule has 4 unspecified atom stereocenters. The normalized spacial score (nSPS) is 27.6. The van der Waals surface area contributed by atoms with Gasteiger partial charge in [-0.2, -0.15) is 0 Å². The van der Waals surface area contributed by atoms with Crippen molar-refractivity contribution in [2.24, 2.45) is 17.8 Å². The molecular formula is C18H27BrFN. The predicted octanol–water partition coefficient (Wildman–Crippen LogP) is 5.70.